The Balaban J connectivity index is 1.72. The molecule has 0 saturated carbocycles. The van der Waals surface area contributed by atoms with Crippen LogP contribution in [-0.2, 0) is 13.0 Å². The van der Waals surface area contributed by atoms with Gasteiger partial charge in [0.15, 0.2) is 17.5 Å². The Labute approximate surface area is 136 Å². The number of nitrogens with one attached hydrogen (secondary N) is 2. The molecule has 0 heterocycles. The molecule has 0 saturated heterocycles. The van der Waals surface area contributed by atoms with Crippen LogP contribution in [0.2, 0.25) is 0 Å². The number of benzene rings is 2. The quantitative estimate of drug-likeness (QED) is 0.436. The third-order valence-corrected chi connectivity index (χ3v) is 3.47. The van der Waals surface area contributed by atoms with Crippen LogP contribution in [0.3, 0.4) is 0 Å². The highest BCUT2D eigenvalue weighted by molar-refractivity contribution is 5.79. The zero-order valence-electron chi connectivity index (χ0n) is 13.2. The van der Waals surface area contributed by atoms with Crippen LogP contribution in [0.25, 0.3) is 0 Å². The van der Waals surface area contributed by atoms with Crippen molar-refractivity contribution >= 4 is 5.96 Å². The van der Waals surface area contributed by atoms with Gasteiger partial charge in [-0.2, -0.15) is 0 Å². The number of halogens is 1. The molecule has 2 aromatic carbocycles. The second kappa shape index (κ2) is 8.78. The van der Waals surface area contributed by atoms with Gasteiger partial charge in [0.25, 0.3) is 0 Å². The number of hydrogen-bond donors (Lipinski definition) is 3. The Kier molecular flexibility index (Phi) is 6.41. The highest BCUT2D eigenvalue weighted by Crippen LogP contribution is 2.15. The second-order valence-electron chi connectivity index (χ2n) is 5.23. The van der Waals surface area contributed by atoms with Gasteiger partial charge in [-0.3, -0.25) is 4.99 Å². The van der Waals surface area contributed by atoms with Gasteiger partial charge in [0, 0.05) is 20.1 Å². The molecule has 4 nitrogen and oxygen atoms in total. The van der Waals surface area contributed by atoms with E-state index in [2.05, 4.69) is 27.8 Å². The van der Waals surface area contributed by atoms with Gasteiger partial charge in [-0.25, -0.2) is 4.39 Å². The van der Waals surface area contributed by atoms with E-state index in [1.807, 2.05) is 18.2 Å². The van der Waals surface area contributed by atoms with Crippen LogP contribution < -0.4 is 10.6 Å². The molecule has 5 heteroatoms. The van der Waals surface area contributed by atoms with E-state index in [-0.39, 0.29) is 5.75 Å². The number of aliphatic imine (C=N–C) groups is 1. The van der Waals surface area contributed by atoms with Gasteiger partial charge in [-0.05, 0) is 36.1 Å². The SMILES string of the molecule is CN=C(NCCCc1ccccc1)NCc1ccc(O)c(F)c1. The van der Waals surface area contributed by atoms with Crippen LogP contribution in [-0.4, -0.2) is 24.7 Å². The van der Waals surface area contributed by atoms with Crippen molar-refractivity contribution in [2.24, 2.45) is 4.99 Å². The minimum atomic E-state index is -0.616. The lowest BCUT2D eigenvalue weighted by Crippen LogP contribution is -2.37. The van der Waals surface area contributed by atoms with Crippen LogP contribution in [0.15, 0.2) is 53.5 Å². The molecule has 0 aliphatic heterocycles. The predicted octanol–water partition coefficient (Wildman–Crippen LogP) is 2.83. The third-order valence-electron chi connectivity index (χ3n) is 3.47. The van der Waals surface area contributed by atoms with Gasteiger partial charge < -0.3 is 15.7 Å². The van der Waals surface area contributed by atoms with E-state index in [1.54, 1.807) is 13.1 Å². The summed E-state index contributed by atoms with van der Waals surface area (Å²) in [6.45, 7) is 1.24. The first-order valence-electron chi connectivity index (χ1n) is 7.65. The number of phenolic OH excluding ortho intramolecular Hbond substituents is 1. The fourth-order valence-electron chi connectivity index (χ4n) is 2.21. The van der Waals surface area contributed by atoms with Crippen molar-refractivity contribution in [3.05, 3.63) is 65.5 Å². The summed E-state index contributed by atoms with van der Waals surface area (Å²) in [6, 6.07) is 14.7. The van der Waals surface area contributed by atoms with Gasteiger partial charge in [0.05, 0.1) is 0 Å². The summed E-state index contributed by atoms with van der Waals surface area (Å²) in [5.74, 6) is -0.279. The Hall–Kier alpha value is -2.56. The van der Waals surface area contributed by atoms with E-state index in [9.17, 15) is 9.50 Å². The molecule has 0 radical (unpaired) electrons. The molecule has 122 valence electrons. The summed E-state index contributed by atoms with van der Waals surface area (Å²) < 4.78 is 13.3. The van der Waals surface area contributed by atoms with Crippen LogP contribution in [0, 0.1) is 5.82 Å². The number of hydrogen-bond acceptors (Lipinski definition) is 2. The highest BCUT2D eigenvalue weighted by atomic mass is 19.1. The standard InChI is InChI=1S/C18H22FN3O/c1-20-18(21-11-5-8-14-6-3-2-4-7-14)22-13-15-9-10-17(23)16(19)12-15/h2-4,6-7,9-10,12,23H,5,8,11,13H2,1H3,(H2,20,21,22). The van der Waals surface area contributed by atoms with E-state index < -0.39 is 5.82 Å². The summed E-state index contributed by atoms with van der Waals surface area (Å²) >= 11 is 0. The van der Waals surface area contributed by atoms with E-state index in [1.165, 1.54) is 17.7 Å². The number of phenols is 1. The first kappa shape index (κ1) is 16.8. The number of guanidine groups is 1. The molecule has 23 heavy (non-hydrogen) atoms. The number of nitrogens with zero attached hydrogens (tertiary/aromatic N) is 1. The first-order chi connectivity index (χ1) is 11.2. The second-order valence-corrected chi connectivity index (χ2v) is 5.23. The molecular formula is C18H22FN3O. The molecule has 3 N–H and O–H groups in total. The molecule has 0 amide bonds. The van der Waals surface area contributed by atoms with Crippen molar-refractivity contribution in [2.45, 2.75) is 19.4 Å². The molecule has 0 bridgehead atoms. The number of aryl methyl sites for hydroxylation is 1. The lowest BCUT2D eigenvalue weighted by molar-refractivity contribution is 0.431. The fraction of sp³-hybridized carbons (Fsp3) is 0.278. The summed E-state index contributed by atoms with van der Waals surface area (Å²) in [6.07, 6.45) is 2.01. The highest BCUT2D eigenvalue weighted by Gasteiger charge is 2.03. The van der Waals surface area contributed by atoms with Gasteiger partial charge in [0.1, 0.15) is 0 Å². The van der Waals surface area contributed by atoms with Gasteiger partial charge >= 0.3 is 0 Å². The van der Waals surface area contributed by atoms with Gasteiger partial charge in [-0.15, -0.1) is 0 Å². The van der Waals surface area contributed by atoms with Gasteiger partial charge in [-0.1, -0.05) is 36.4 Å². The molecule has 0 aromatic heterocycles. The monoisotopic (exact) mass is 315 g/mol. The largest absolute Gasteiger partial charge is 0.505 e. The molecule has 0 atom stereocenters. The lowest BCUT2D eigenvalue weighted by atomic mass is 10.1. The van der Waals surface area contributed by atoms with E-state index >= 15 is 0 Å². The van der Waals surface area contributed by atoms with E-state index in [4.69, 9.17) is 0 Å². The van der Waals surface area contributed by atoms with Gasteiger partial charge in [0.2, 0.25) is 0 Å². The molecular weight excluding hydrogens is 293 g/mol. The Morgan fingerprint density at radius 1 is 1.09 bits per heavy atom. The van der Waals surface area contributed by atoms with Crippen molar-refractivity contribution < 1.29 is 9.50 Å². The Morgan fingerprint density at radius 3 is 2.57 bits per heavy atom. The number of aromatic hydroxyl groups is 1. The summed E-state index contributed by atoms with van der Waals surface area (Å²) in [4.78, 5) is 4.14. The predicted molar refractivity (Wildman–Crippen MR) is 91.0 cm³/mol. The molecule has 0 aliphatic carbocycles. The molecule has 0 spiro atoms. The smallest absolute Gasteiger partial charge is 0.191 e. The van der Waals surface area contributed by atoms with Crippen LogP contribution >= 0.6 is 0 Å². The van der Waals surface area contributed by atoms with Crippen molar-refractivity contribution in [2.75, 3.05) is 13.6 Å². The van der Waals surface area contributed by atoms with Crippen molar-refractivity contribution in [3.63, 3.8) is 0 Å². The van der Waals surface area contributed by atoms with Crippen LogP contribution in [0.4, 0.5) is 4.39 Å². The summed E-state index contributed by atoms with van der Waals surface area (Å²) in [5, 5.41) is 15.5. The van der Waals surface area contributed by atoms with Crippen molar-refractivity contribution in [3.8, 4) is 5.75 Å². The molecule has 0 fully saturated rings. The maximum atomic E-state index is 13.3. The average Bonchev–Trinajstić information content (AvgIpc) is 2.58. The Morgan fingerprint density at radius 2 is 1.87 bits per heavy atom. The number of rotatable bonds is 6. The minimum absolute atomic E-state index is 0.336. The fourth-order valence-corrected chi connectivity index (χ4v) is 2.21. The Bertz CT molecular complexity index is 644. The maximum absolute atomic E-state index is 13.3. The molecule has 0 aliphatic rings. The average molecular weight is 315 g/mol. The van der Waals surface area contributed by atoms with Crippen molar-refractivity contribution in [1.82, 2.24) is 10.6 Å². The van der Waals surface area contributed by atoms with E-state index in [0.29, 0.717) is 12.5 Å². The van der Waals surface area contributed by atoms with Crippen molar-refractivity contribution in [1.29, 1.82) is 0 Å². The lowest BCUT2D eigenvalue weighted by Gasteiger charge is -2.12. The van der Waals surface area contributed by atoms with E-state index in [0.717, 1.165) is 24.9 Å². The summed E-state index contributed by atoms with van der Waals surface area (Å²) in [7, 11) is 1.70. The topological polar surface area (TPSA) is 56.7 Å². The minimum Gasteiger partial charge on any atom is -0.505 e. The molecule has 2 rings (SSSR count). The van der Waals surface area contributed by atoms with Crippen LogP contribution in [0.1, 0.15) is 17.5 Å². The zero-order valence-corrected chi connectivity index (χ0v) is 13.2. The molecule has 2 aromatic rings. The third kappa shape index (κ3) is 5.62. The normalized spacial score (nSPS) is 11.3. The van der Waals surface area contributed by atoms with Crippen LogP contribution in [0.5, 0.6) is 5.75 Å². The zero-order chi connectivity index (χ0) is 16.5. The maximum Gasteiger partial charge on any atom is 0.191 e. The summed E-state index contributed by atoms with van der Waals surface area (Å²) in [5.41, 5.74) is 2.06. The molecule has 0 unspecified atom stereocenters. The first-order valence-corrected chi connectivity index (χ1v) is 7.65.